The first-order valence-electron chi connectivity index (χ1n) is 7.78. The summed E-state index contributed by atoms with van der Waals surface area (Å²) in [7, 11) is 0. The van der Waals surface area contributed by atoms with E-state index < -0.39 is 0 Å². The molecule has 22 heavy (non-hydrogen) atoms. The van der Waals surface area contributed by atoms with E-state index in [0.717, 1.165) is 59.7 Å². The van der Waals surface area contributed by atoms with Crippen LogP contribution in [0.2, 0.25) is 0 Å². The molecule has 1 aliphatic carbocycles. The van der Waals surface area contributed by atoms with Crippen LogP contribution in [-0.4, -0.2) is 22.3 Å². The molecule has 5 nitrogen and oxygen atoms in total. The molecule has 2 N–H and O–H groups in total. The first kappa shape index (κ1) is 14.2. The van der Waals surface area contributed by atoms with E-state index in [1.165, 1.54) is 0 Å². The van der Waals surface area contributed by atoms with Gasteiger partial charge in [-0.1, -0.05) is 0 Å². The van der Waals surface area contributed by atoms with Gasteiger partial charge >= 0.3 is 0 Å². The Morgan fingerprint density at radius 3 is 2.82 bits per heavy atom. The van der Waals surface area contributed by atoms with Crippen molar-refractivity contribution in [1.82, 2.24) is 9.78 Å². The number of nitrogens with two attached hydrogens (primary N) is 1. The van der Waals surface area contributed by atoms with Crippen LogP contribution in [0.4, 0.5) is 0 Å². The Labute approximate surface area is 136 Å². The number of primary amides is 1. The summed E-state index contributed by atoms with van der Waals surface area (Å²) in [6, 6.07) is 1.89. The van der Waals surface area contributed by atoms with Gasteiger partial charge in [-0.25, -0.2) is 4.68 Å². The fourth-order valence-corrected chi connectivity index (χ4v) is 4.13. The lowest BCUT2D eigenvalue weighted by atomic mass is 10.0. The predicted molar refractivity (Wildman–Crippen MR) is 86.8 cm³/mol. The SMILES string of the molecule is NC(=O)c1cc2c(cnn2C2CCCCO2)c(Br)c1C1CC1. The van der Waals surface area contributed by atoms with Crippen molar-refractivity contribution in [2.75, 3.05) is 6.61 Å². The molecule has 4 rings (SSSR count). The molecule has 1 unspecified atom stereocenters. The van der Waals surface area contributed by atoms with Gasteiger partial charge in [0.15, 0.2) is 6.23 Å². The first-order chi connectivity index (χ1) is 10.7. The number of rotatable bonds is 3. The van der Waals surface area contributed by atoms with Crippen LogP contribution in [0, 0.1) is 0 Å². The fraction of sp³-hybridized carbons (Fsp3) is 0.500. The van der Waals surface area contributed by atoms with E-state index in [4.69, 9.17) is 10.5 Å². The lowest BCUT2D eigenvalue weighted by molar-refractivity contribution is -0.0366. The van der Waals surface area contributed by atoms with Crippen LogP contribution in [-0.2, 0) is 4.74 Å². The van der Waals surface area contributed by atoms with E-state index in [9.17, 15) is 4.79 Å². The summed E-state index contributed by atoms with van der Waals surface area (Å²) in [5.41, 5.74) is 8.19. The maximum absolute atomic E-state index is 11.9. The van der Waals surface area contributed by atoms with Crippen LogP contribution in [0.5, 0.6) is 0 Å². The van der Waals surface area contributed by atoms with Crippen LogP contribution in [0.3, 0.4) is 0 Å². The standard InChI is InChI=1S/C16H18BrN3O2/c17-15-11-8-19-20(13-3-1-2-6-22-13)12(11)7-10(16(18)21)14(15)9-4-5-9/h7-9,13H,1-6H2,(H2,18,21). The summed E-state index contributed by atoms with van der Waals surface area (Å²) in [4.78, 5) is 11.9. The Hall–Kier alpha value is -1.40. The average Bonchev–Trinajstić information content (AvgIpc) is 3.26. The molecule has 1 aliphatic heterocycles. The number of carbonyl (C=O) groups is 1. The van der Waals surface area contributed by atoms with E-state index in [-0.39, 0.29) is 12.1 Å². The number of aromatic nitrogens is 2. The highest BCUT2D eigenvalue weighted by atomic mass is 79.9. The molecule has 6 heteroatoms. The maximum atomic E-state index is 11.9. The molecule has 2 fully saturated rings. The zero-order valence-corrected chi connectivity index (χ0v) is 13.8. The highest BCUT2D eigenvalue weighted by Crippen LogP contribution is 2.47. The summed E-state index contributed by atoms with van der Waals surface area (Å²) >= 11 is 3.68. The molecule has 0 radical (unpaired) electrons. The van der Waals surface area contributed by atoms with Crippen LogP contribution in [0.1, 0.15) is 60.2 Å². The molecule has 2 heterocycles. The lowest BCUT2D eigenvalue weighted by Crippen LogP contribution is -2.19. The average molecular weight is 364 g/mol. The van der Waals surface area contributed by atoms with Gasteiger partial charge in [-0.2, -0.15) is 5.10 Å². The molecule has 1 saturated heterocycles. The molecule has 2 aromatic rings. The first-order valence-corrected chi connectivity index (χ1v) is 8.57. The van der Waals surface area contributed by atoms with Crippen LogP contribution in [0.15, 0.2) is 16.7 Å². The van der Waals surface area contributed by atoms with Crippen LogP contribution >= 0.6 is 15.9 Å². The largest absolute Gasteiger partial charge is 0.366 e. The van der Waals surface area contributed by atoms with E-state index in [1.807, 2.05) is 16.9 Å². The maximum Gasteiger partial charge on any atom is 0.249 e. The van der Waals surface area contributed by atoms with Crippen LogP contribution < -0.4 is 5.73 Å². The molecule has 0 bridgehead atoms. The molecular formula is C16H18BrN3O2. The number of carbonyl (C=O) groups excluding carboxylic acids is 1. The van der Waals surface area contributed by atoms with Gasteiger partial charge in [0, 0.05) is 22.0 Å². The molecule has 1 aromatic carbocycles. The normalized spacial score (nSPS) is 22.1. The summed E-state index contributed by atoms with van der Waals surface area (Å²) in [5.74, 6) is 0.0670. The van der Waals surface area contributed by atoms with E-state index in [2.05, 4.69) is 21.0 Å². The van der Waals surface area contributed by atoms with E-state index >= 15 is 0 Å². The summed E-state index contributed by atoms with van der Waals surface area (Å²) in [5, 5.41) is 5.54. The Morgan fingerprint density at radius 1 is 1.36 bits per heavy atom. The molecule has 1 amide bonds. The number of fused-ring (bicyclic) bond motifs is 1. The highest BCUT2D eigenvalue weighted by molar-refractivity contribution is 9.10. The number of amides is 1. The summed E-state index contributed by atoms with van der Waals surface area (Å²) in [6.07, 6.45) is 7.21. The van der Waals surface area contributed by atoms with Crippen molar-refractivity contribution in [3.63, 3.8) is 0 Å². The second-order valence-corrected chi connectivity index (χ2v) is 6.93. The molecule has 2 aliphatic rings. The topological polar surface area (TPSA) is 70.1 Å². The third kappa shape index (κ3) is 2.25. The predicted octanol–water partition coefficient (Wildman–Crippen LogP) is 3.47. The minimum atomic E-state index is -0.373. The van der Waals surface area contributed by atoms with Crippen molar-refractivity contribution in [3.05, 3.63) is 27.9 Å². The molecule has 1 atom stereocenters. The van der Waals surface area contributed by atoms with Crippen molar-refractivity contribution < 1.29 is 9.53 Å². The Balaban J connectivity index is 1.89. The van der Waals surface area contributed by atoms with E-state index in [1.54, 1.807) is 0 Å². The third-order valence-electron chi connectivity index (χ3n) is 4.56. The number of benzene rings is 1. The summed E-state index contributed by atoms with van der Waals surface area (Å²) in [6.45, 7) is 0.760. The van der Waals surface area contributed by atoms with Crippen molar-refractivity contribution >= 4 is 32.7 Å². The van der Waals surface area contributed by atoms with Gasteiger partial charge in [0.05, 0.1) is 11.7 Å². The van der Waals surface area contributed by atoms with Gasteiger partial charge in [-0.15, -0.1) is 0 Å². The molecule has 1 aromatic heterocycles. The number of halogens is 1. The van der Waals surface area contributed by atoms with Gasteiger partial charge in [-0.05, 0) is 65.6 Å². The second-order valence-electron chi connectivity index (χ2n) is 6.13. The van der Waals surface area contributed by atoms with Gasteiger partial charge in [0.2, 0.25) is 5.91 Å². The monoisotopic (exact) mass is 363 g/mol. The molecule has 0 spiro atoms. The lowest BCUT2D eigenvalue weighted by Gasteiger charge is -2.23. The van der Waals surface area contributed by atoms with Crippen molar-refractivity contribution in [2.45, 2.75) is 44.2 Å². The van der Waals surface area contributed by atoms with Gasteiger partial charge in [-0.3, -0.25) is 4.79 Å². The smallest absolute Gasteiger partial charge is 0.249 e. The quantitative estimate of drug-likeness (QED) is 0.907. The highest BCUT2D eigenvalue weighted by Gasteiger charge is 2.32. The van der Waals surface area contributed by atoms with Gasteiger partial charge < -0.3 is 10.5 Å². The number of nitrogens with zero attached hydrogens (tertiary/aromatic N) is 2. The van der Waals surface area contributed by atoms with Gasteiger partial charge in [0.25, 0.3) is 0 Å². The number of hydrogen-bond acceptors (Lipinski definition) is 3. The minimum absolute atomic E-state index is 0.0503. The Bertz CT molecular complexity index is 745. The Kier molecular flexibility index (Phi) is 3.46. The second kappa shape index (κ2) is 5.35. The molecule has 116 valence electrons. The zero-order valence-electron chi connectivity index (χ0n) is 12.2. The Morgan fingerprint density at radius 2 is 2.18 bits per heavy atom. The summed E-state index contributed by atoms with van der Waals surface area (Å²) < 4.78 is 8.68. The molecule has 1 saturated carbocycles. The minimum Gasteiger partial charge on any atom is -0.366 e. The van der Waals surface area contributed by atoms with Crippen molar-refractivity contribution in [1.29, 1.82) is 0 Å². The van der Waals surface area contributed by atoms with E-state index in [0.29, 0.717) is 11.5 Å². The van der Waals surface area contributed by atoms with Crippen LogP contribution in [0.25, 0.3) is 10.9 Å². The van der Waals surface area contributed by atoms with Gasteiger partial charge in [0.1, 0.15) is 0 Å². The third-order valence-corrected chi connectivity index (χ3v) is 5.41. The fourth-order valence-electron chi connectivity index (χ4n) is 3.28. The number of ether oxygens (including phenoxy) is 1. The number of hydrogen-bond donors (Lipinski definition) is 1. The molecular weight excluding hydrogens is 346 g/mol. The van der Waals surface area contributed by atoms with Crippen molar-refractivity contribution in [2.24, 2.45) is 5.73 Å². The zero-order chi connectivity index (χ0) is 15.3. The van der Waals surface area contributed by atoms with Crippen molar-refractivity contribution in [3.8, 4) is 0 Å².